The molecule has 2 aromatic rings. The Kier molecular flexibility index (Phi) is 9.90. The highest BCUT2D eigenvalue weighted by Crippen LogP contribution is 2.28. The zero-order valence-corrected chi connectivity index (χ0v) is 22.5. The Morgan fingerprint density at radius 1 is 1.00 bits per heavy atom. The van der Waals surface area contributed by atoms with E-state index in [2.05, 4.69) is 10.6 Å². The summed E-state index contributed by atoms with van der Waals surface area (Å²) in [5.41, 5.74) is 1.45. The molecule has 0 aliphatic rings. The van der Waals surface area contributed by atoms with E-state index in [0.717, 1.165) is 5.56 Å². The third kappa shape index (κ3) is 7.73. The van der Waals surface area contributed by atoms with Gasteiger partial charge in [-0.15, -0.1) is 0 Å². The standard InChI is InChI=1S/C28H39N3O5/c1-9-31(26(33)23(18(2)3)30-27(34)36-28(5,6)7)24(22-13-11-10-12-19(22)4)25(32)29-20-14-16-21(35-8)17-15-20/h10-18,23-24H,9H2,1-8H3,(H,29,32)(H,30,34). The van der Waals surface area contributed by atoms with E-state index in [-0.39, 0.29) is 24.3 Å². The summed E-state index contributed by atoms with van der Waals surface area (Å²) in [7, 11) is 1.57. The monoisotopic (exact) mass is 497 g/mol. The van der Waals surface area contributed by atoms with Crippen molar-refractivity contribution in [3.8, 4) is 5.75 Å². The number of alkyl carbamates (subject to hydrolysis) is 1. The van der Waals surface area contributed by atoms with Gasteiger partial charge in [0.15, 0.2) is 0 Å². The zero-order chi connectivity index (χ0) is 27.0. The minimum Gasteiger partial charge on any atom is -0.497 e. The molecule has 2 rings (SSSR count). The molecule has 36 heavy (non-hydrogen) atoms. The minimum absolute atomic E-state index is 0.235. The van der Waals surface area contributed by atoms with E-state index in [1.165, 1.54) is 4.90 Å². The van der Waals surface area contributed by atoms with Crippen LogP contribution in [0.25, 0.3) is 0 Å². The molecule has 0 aromatic heterocycles. The van der Waals surface area contributed by atoms with Gasteiger partial charge in [0.25, 0.3) is 5.91 Å². The molecular weight excluding hydrogens is 458 g/mol. The normalized spacial score (nSPS) is 12.9. The van der Waals surface area contributed by atoms with Crippen LogP contribution in [-0.2, 0) is 14.3 Å². The van der Waals surface area contributed by atoms with E-state index in [1.54, 1.807) is 52.1 Å². The van der Waals surface area contributed by atoms with Crippen molar-refractivity contribution in [2.45, 2.75) is 66.2 Å². The van der Waals surface area contributed by atoms with Crippen LogP contribution in [-0.4, -0.2) is 48.1 Å². The molecule has 8 heteroatoms. The van der Waals surface area contributed by atoms with Crippen molar-refractivity contribution in [3.63, 3.8) is 0 Å². The topological polar surface area (TPSA) is 97.0 Å². The number of benzene rings is 2. The van der Waals surface area contributed by atoms with Crippen LogP contribution in [0.1, 0.15) is 58.7 Å². The Bertz CT molecular complexity index is 1040. The van der Waals surface area contributed by atoms with Crippen LogP contribution < -0.4 is 15.4 Å². The van der Waals surface area contributed by atoms with Gasteiger partial charge in [-0.05, 0) is 75.9 Å². The second-order valence-corrected chi connectivity index (χ2v) is 9.97. The third-order valence-electron chi connectivity index (χ3n) is 5.63. The molecule has 3 amide bonds. The summed E-state index contributed by atoms with van der Waals surface area (Å²) in [5, 5.41) is 5.64. The first-order valence-electron chi connectivity index (χ1n) is 12.2. The fourth-order valence-electron chi connectivity index (χ4n) is 3.82. The maximum absolute atomic E-state index is 13.8. The molecule has 2 unspecified atom stereocenters. The van der Waals surface area contributed by atoms with Gasteiger partial charge >= 0.3 is 6.09 Å². The lowest BCUT2D eigenvalue weighted by Crippen LogP contribution is -2.54. The lowest BCUT2D eigenvalue weighted by molar-refractivity contribution is -0.141. The first-order valence-corrected chi connectivity index (χ1v) is 12.2. The maximum Gasteiger partial charge on any atom is 0.408 e. The van der Waals surface area contributed by atoms with Crippen molar-refractivity contribution < 1.29 is 23.9 Å². The van der Waals surface area contributed by atoms with Crippen LogP contribution in [0.15, 0.2) is 48.5 Å². The van der Waals surface area contributed by atoms with Crippen LogP contribution in [0.2, 0.25) is 0 Å². The number of likely N-dealkylation sites (N-methyl/N-ethyl adjacent to an activating group) is 1. The van der Waals surface area contributed by atoms with Gasteiger partial charge in [0.05, 0.1) is 7.11 Å². The highest BCUT2D eigenvalue weighted by atomic mass is 16.6. The summed E-state index contributed by atoms with van der Waals surface area (Å²) in [5.74, 6) is -0.288. The molecule has 0 saturated carbocycles. The Morgan fingerprint density at radius 2 is 1.61 bits per heavy atom. The van der Waals surface area contributed by atoms with Crippen molar-refractivity contribution in [1.29, 1.82) is 0 Å². The summed E-state index contributed by atoms with van der Waals surface area (Å²) in [6, 6.07) is 12.7. The second kappa shape index (κ2) is 12.4. The fraction of sp³-hybridized carbons (Fsp3) is 0.464. The molecule has 0 aliphatic heterocycles. The van der Waals surface area contributed by atoms with Crippen molar-refractivity contribution >= 4 is 23.6 Å². The number of hydrogen-bond donors (Lipinski definition) is 2. The fourth-order valence-corrected chi connectivity index (χ4v) is 3.82. The number of anilines is 1. The zero-order valence-electron chi connectivity index (χ0n) is 22.5. The molecule has 0 spiro atoms. The molecule has 2 N–H and O–H groups in total. The first kappa shape index (κ1) is 28.7. The maximum atomic E-state index is 13.8. The Morgan fingerprint density at radius 3 is 2.11 bits per heavy atom. The lowest BCUT2D eigenvalue weighted by Gasteiger charge is -2.35. The number of aryl methyl sites for hydroxylation is 1. The smallest absolute Gasteiger partial charge is 0.408 e. The van der Waals surface area contributed by atoms with Crippen LogP contribution in [0.5, 0.6) is 5.75 Å². The number of methoxy groups -OCH3 is 1. The largest absolute Gasteiger partial charge is 0.497 e. The summed E-state index contributed by atoms with van der Waals surface area (Å²) in [6.45, 7) is 12.9. The van der Waals surface area contributed by atoms with E-state index >= 15 is 0 Å². The number of nitrogens with zero attached hydrogens (tertiary/aromatic N) is 1. The van der Waals surface area contributed by atoms with Gasteiger partial charge in [-0.3, -0.25) is 9.59 Å². The Hall–Kier alpha value is -3.55. The molecule has 0 fully saturated rings. The molecule has 0 heterocycles. The highest BCUT2D eigenvalue weighted by Gasteiger charge is 2.37. The van der Waals surface area contributed by atoms with Gasteiger partial charge in [0, 0.05) is 12.2 Å². The van der Waals surface area contributed by atoms with Gasteiger partial charge in [-0.2, -0.15) is 0 Å². The molecule has 2 atom stereocenters. The number of carbonyl (C=O) groups is 3. The number of ether oxygens (including phenoxy) is 2. The van der Waals surface area contributed by atoms with Crippen molar-refractivity contribution in [1.82, 2.24) is 10.2 Å². The van der Waals surface area contributed by atoms with Crippen LogP contribution >= 0.6 is 0 Å². The molecule has 8 nitrogen and oxygen atoms in total. The molecule has 196 valence electrons. The highest BCUT2D eigenvalue weighted by molar-refractivity contribution is 5.99. The SMILES string of the molecule is CCN(C(=O)C(NC(=O)OC(C)(C)C)C(C)C)C(C(=O)Nc1ccc(OC)cc1)c1ccccc1C. The van der Waals surface area contributed by atoms with Gasteiger partial charge in [0.1, 0.15) is 23.4 Å². The van der Waals surface area contributed by atoms with Gasteiger partial charge in [0.2, 0.25) is 5.91 Å². The second-order valence-electron chi connectivity index (χ2n) is 9.97. The van der Waals surface area contributed by atoms with Crippen molar-refractivity contribution in [2.24, 2.45) is 5.92 Å². The van der Waals surface area contributed by atoms with Crippen LogP contribution in [0.4, 0.5) is 10.5 Å². The third-order valence-corrected chi connectivity index (χ3v) is 5.63. The molecule has 0 radical (unpaired) electrons. The predicted octanol–water partition coefficient (Wildman–Crippen LogP) is 5.08. The molecule has 0 aliphatic carbocycles. The number of hydrogen-bond acceptors (Lipinski definition) is 5. The van der Waals surface area contributed by atoms with Crippen LogP contribution in [0, 0.1) is 12.8 Å². The van der Waals surface area contributed by atoms with E-state index in [4.69, 9.17) is 9.47 Å². The minimum atomic E-state index is -0.910. The molecule has 0 bridgehead atoms. The van der Waals surface area contributed by atoms with Gasteiger partial charge < -0.3 is 25.0 Å². The average Bonchev–Trinajstić information content (AvgIpc) is 2.80. The number of nitrogens with one attached hydrogen (secondary N) is 2. The first-order chi connectivity index (χ1) is 16.9. The van der Waals surface area contributed by atoms with E-state index in [0.29, 0.717) is 17.0 Å². The summed E-state index contributed by atoms with van der Waals surface area (Å²) in [6.07, 6.45) is -0.680. The summed E-state index contributed by atoms with van der Waals surface area (Å²) >= 11 is 0. The number of carbonyl (C=O) groups excluding carboxylic acids is 3. The number of amides is 3. The molecule has 2 aromatic carbocycles. The number of rotatable bonds is 9. The average molecular weight is 498 g/mol. The summed E-state index contributed by atoms with van der Waals surface area (Å²) in [4.78, 5) is 41.5. The van der Waals surface area contributed by atoms with Gasteiger partial charge in [-0.25, -0.2) is 4.79 Å². The van der Waals surface area contributed by atoms with E-state index in [9.17, 15) is 14.4 Å². The molecular formula is C28H39N3O5. The lowest BCUT2D eigenvalue weighted by atomic mass is 9.96. The molecule has 0 saturated heterocycles. The van der Waals surface area contributed by atoms with Gasteiger partial charge in [-0.1, -0.05) is 38.1 Å². The van der Waals surface area contributed by atoms with E-state index < -0.39 is 23.8 Å². The Balaban J connectivity index is 2.43. The van der Waals surface area contributed by atoms with Crippen molar-refractivity contribution in [3.05, 3.63) is 59.7 Å². The quantitative estimate of drug-likeness (QED) is 0.504. The van der Waals surface area contributed by atoms with Crippen molar-refractivity contribution in [2.75, 3.05) is 19.0 Å². The summed E-state index contributed by atoms with van der Waals surface area (Å²) < 4.78 is 10.6. The van der Waals surface area contributed by atoms with E-state index in [1.807, 2.05) is 52.0 Å². The van der Waals surface area contributed by atoms with Crippen LogP contribution in [0.3, 0.4) is 0 Å². The Labute approximate surface area is 214 Å². The predicted molar refractivity (Wildman–Crippen MR) is 141 cm³/mol.